The molecule has 0 unspecified atom stereocenters. The van der Waals surface area contributed by atoms with E-state index in [1.54, 1.807) is 9.58 Å². The van der Waals surface area contributed by atoms with E-state index in [0.717, 1.165) is 53.9 Å². The molecule has 1 fully saturated rings. The van der Waals surface area contributed by atoms with E-state index >= 15 is 0 Å². The summed E-state index contributed by atoms with van der Waals surface area (Å²) in [5.74, 6) is -1.28. The molecule has 0 radical (unpaired) electrons. The Morgan fingerprint density at radius 3 is 2.00 bits per heavy atom. The van der Waals surface area contributed by atoms with Crippen LogP contribution in [0.15, 0.2) is 78.9 Å². The van der Waals surface area contributed by atoms with Crippen LogP contribution in [-0.2, 0) is 11.8 Å². The number of aryl methyl sites for hydroxylation is 1. The van der Waals surface area contributed by atoms with Crippen LogP contribution in [0.5, 0.6) is 0 Å². The van der Waals surface area contributed by atoms with Crippen molar-refractivity contribution >= 4 is 29.2 Å². The number of halogens is 3. The number of urea groups is 1. The average Bonchev–Trinajstić information content (AvgIpc) is 3.46. The summed E-state index contributed by atoms with van der Waals surface area (Å²) >= 11 is 0. The zero-order valence-corrected chi connectivity index (χ0v) is 26.8. The van der Waals surface area contributed by atoms with Gasteiger partial charge in [-0.1, -0.05) is 62.7 Å². The van der Waals surface area contributed by atoms with Gasteiger partial charge in [0, 0.05) is 41.4 Å². The Morgan fingerprint density at radius 1 is 0.830 bits per heavy atom. The number of nitrogens with zero attached hydrogens (tertiary/aromatic N) is 3. The minimum atomic E-state index is -4.96. The molecular formula is C36H38F3N5O3. The molecule has 5 rings (SSSR count). The van der Waals surface area contributed by atoms with E-state index < -0.39 is 17.5 Å². The van der Waals surface area contributed by atoms with Gasteiger partial charge in [-0.25, -0.2) is 9.48 Å². The molecule has 0 spiro atoms. The van der Waals surface area contributed by atoms with Gasteiger partial charge in [0.25, 0.3) is 11.7 Å². The van der Waals surface area contributed by atoms with Crippen molar-refractivity contribution in [3.8, 4) is 5.69 Å². The highest BCUT2D eigenvalue weighted by Gasteiger charge is 2.39. The normalized spacial score (nSPS) is 14.1. The van der Waals surface area contributed by atoms with Crippen LogP contribution in [0.2, 0.25) is 0 Å². The molecule has 246 valence electrons. The fourth-order valence-corrected chi connectivity index (χ4v) is 5.51. The van der Waals surface area contributed by atoms with Crippen molar-refractivity contribution in [1.82, 2.24) is 14.7 Å². The molecule has 1 aliphatic heterocycles. The van der Waals surface area contributed by atoms with Gasteiger partial charge >= 0.3 is 12.2 Å². The molecule has 8 nitrogen and oxygen atoms in total. The molecule has 4 aromatic rings. The Kier molecular flexibility index (Phi) is 9.55. The van der Waals surface area contributed by atoms with Crippen LogP contribution in [0.1, 0.15) is 71.1 Å². The summed E-state index contributed by atoms with van der Waals surface area (Å²) in [6, 6.07) is 21.7. The van der Waals surface area contributed by atoms with Crippen LogP contribution >= 0.6 is 0 Å². The van der Waals surface area contributed by atoms with E-state index in [-0.39, 0.29) is 22.9 Å². The monoisotopic (exact) mass is 645 g/mol. The largest absolute Gasteiger partial charge is 0.454 e. The standard InChI is InChI=1S/C36H38F3N5O3/c1-23-5-15-29(16-6-23)44-31(22-30(42-44)35(2,3)4)41-34(47)40-28-13-7-24(8-14-28)21-25-17-19-43(20-18-25)33(46)27-11-9-26(10-12-27)32(45)36(37,38)39/h5-16,22,25H,17-21H2,1-4H3,(H2,40,41,47). The van der Waals surface area contributed by atoms with Crippen molar-refractivity contribution in [3.63, 3.8) is 0 Å². The van der Waals surface area contributed by atoms with E-state index in [4.69, 9.17) is 5.10 Å². The van der Waals surface area contributed by atoms with Gasteiger partial charge in [0.2, 0.25) is 0 Å². The summed E-state index contributed by atoms with van der Waals surface area (Å²) in [6.07, 6.45) is -2.58. The summed E-state index contributed by atoms with van der Waals surface area (Å²) in [6.45, 7) is 9.29. The number of Topliss-reactive ketones (excluding diaryl/α,β-unsaturated/α-hetero) is 1. The molecule has 1 aromatic heterocycles. The van der Waals surface area contributed by atoms with E-state index in [1.165, 1.54) is 12.1 Å². The zero-order chi connectivity index (χ0) is 33.9. The van der Waals surface area contributed by atoms with E-state index in [0.29, 0.717) is 30.5 Å². The summed E-state index contributed by atoms with van der Waals surface area (Å²) in [5, 5.41) is 10.6. The molecule has 1 saturated heterocycles. The van der Waals surface area contributed by atoms with Gasteiger partial charge in [-0.2, -0.15) is 18.3 Å². The maximum Gasteiger partial charge on any atom is 0.454 e. The number of nitrogens with one attached hydrogen (secondary N) is 2. The number of hydrogen-bond donors (Lipinski definition) is 2. The Bertz CT molecular complexity index is 1730. The Hall–Kier alpha value is -4.93. The van der Waals surface area contributed by atoms with Crippen LogP contribution in [0.3, 0.4) is 0 Å². The van der Waals surface area contributed by atoms with Crippen LogP contribution in [0.4, 0.5) is 29.5 Å². The lowest BCUT2D eigenvalue weighted by atomic mass is 9.90. The summed E-state index contributed by atoms with van der Waals surface area (Å²) in [4.78, 5) is 39.0. The highest BCUT2D eigenvalue weighted by Crippen LogP contribution is 2.28. The number of ketones is 1. The Morgan fingerprint density at radius 2 is 1.43 bits per heavy atom. The van der Waals surface area contributed by atoms with Gasteiger partial charge in [-0.05, 0) is 74.1 Å². The van der Waals surface area contributed by atoms with E-state index in [9.17, 15) is 27.6 Å². The molecular weight excluding hydrogens is 607 g/mol. The van der Waals surface area contributed by atoms with Gasteiger partial charge in [-0.15, -0.1) is 0 Å². The minimum Gasteiger partial charge on any atom is -0.339 e. The van der Waals surface area contributed by atoms with Crippen molar-refractivity contribution < 1.29 is 27.6 Å². The number of hydrogen-bond acceptors (Lipinski definition) is 4. The van der Waals surface area contributed by atoms with Crippen molar-refractivity contribution in [2.75, 3.05) is 23.7 Å². The van der Waals surface area contributed by atoms with Crippen molar-refractivity contribution in [3.05, 3.63) is 107 Å². The zero-order valence-electron chi connectivity index (χ0n) is 26.8. The lowest BCUT2D eigenvalue weighted by Gasteiger charge is -2.32. The second kappa shape index (κ2) is 13.4. The number of alkyl halides is 3. The lowest BCUT2D eigenvalue weighted by molar-refractivity contribution is -0.0885. The third-order valence-electron chi connectivity index (χ3n) is 8.29. The van der Waals surface area contributed by atoms with Gasteiger partial charge in [0.1, 0.15) is 5.82 Å². The number of carbonyl (C=O) groups excluding carboxylic acids is 3. The molecule has 0 saturated carbocycles. The summed E-state index contributed by atoms with van der Waals surface area (Å²) in [5.41, 5.74) is 4.13. The van der Waals surface area contributed by atoms with Crippen LogP contribution in [0, 0.1) is 12.8 Å². The SMILES string of the molecule is Cc1ccc(-n2nc(C(C)(C)C)cc2NC(=O)Nc2ccc(CC3CCN(C(=O)c4ccc(C(=O)C(F)(F)F)cc4)CC3)cc2)cc1. The Labute approximate surface area is 272 Å². The fourth-order valence-electron chi connectivity index (χ4n) is 5.51. The molecule has 2 N–H and O–H groups in total. The number of aromatic nitrogens is 2. The number of amides is 3. The predicted molar refractivity (Wildman–Crippen MR) is 175 cm³/mol. The van der Waals surface area contributed by atoms with Crippen LogP contribution in [0.25, 0.3) is 5.69 Å². The molecule has 3 amide bonds. The molecule has 0 bridgehead atoms. The number of likely N-dealkylation sites (tertiary alicyclic amines) is 1. The first-order valence-corrected chi connectivity index (χ1v) is 15.5. The first-order valence-electron chi connectivity index (χ1n) is 15.5. The average molecular weight is 646 g/mol. The van der Waals surface area contributed by atoms with Crippen molar-refractivity contribution in [2.24, 2.45) is 5.92 Å². The summed E-state index contributed by atoms with van der Waals surface area (Å²) < 4.78 is 39.8. The first-order chi connectivity index (χ1) is 22.2. The maximum absolute atomic E-state index is 13.0. The lowest BCUT2D eigenvalue weighted by Crippen LogP contribution is -2.38. The highest BCUT2D eigenvalue weighted by molar-refractivity contribution is 6.02. The van der Waals surface area contributed by atoms with Crippen LogP contribution < -0.4 is 10.6 Å². The molecule has 3 aromatic carbocycles. The van der Waals surface area contributed by atoms with Crippen molar-refractivity contribution in [1.29, 1.82) is 0 Å². The van der Waals surface area contributed by atoms with Gasteiger partial charge < -0.3 is 10.2 Å². The van der Waals surface area contributed by atoms with Crippen LogP contribution in [-0.4, -0.2) is 51.7 Å². The number of carbonyl (C=O) groups is 3. The number of anilines is 2. The second-order valence-corrected chi connectivity index (χ2v) is 13.0. The molecule has 47 heavy (non-hydrogen) atoms. The topological polar surface area (TPSA) is 96.3 Å². The quantitative estimate of drug-likeness (QED) is 0.199. The third kappa shape index (κ3) is 8.27. The fraction of sp³-hybridized carbons (Fsp3) is 0.333. The van der Waals surface area contributed by atoms with Gasteiger partial charge in [-0.3, -0.25) is 14.9 Å². The summed E-state index contributed by atoms with van der Waals surface area (Å²) in [7, 11) is 0. The molecule has 0 aliphatic carbocycles. The van der Waals surface area contributed by atoms with Crippen molar-refractivity contribution in [2.45, 2.75) is 58.5 Å². The maximum atomic E-state index is 13.0. The molecule has 1 aliphatic rings. The van der Waals surface area contributed by atoms with Gasteiger partial charge in [0.05, 0.1) is 11.4 Å². The highest BCUT2D eigenvalue weighted by atomic mass is 19.4. The third-order valence-corrected chi connectivity index (χ3v) is 8.29. The second-order valence-electron chi connectivity index (χ2n) is 13.0. The smallest absolute Gasteiger partial charge is 0.339 e. The molecule has 0 atom stereocenters. The number of rotatable bonds is 7. The minimum absolute atomic E-state index is 0.206. The molecule has 2 heterocycles. The van der Waals surface area contributed by atoms with E-state index in [1.807, 2.05) is 61.5 Å². The predicted octanol–water partition coefficient (Wildman–Crippen LogP) is 7.96. The first kappa shape index (κ1) is 33.4. The Balaban J connectivity index is 1.13. The van der Waals surface area contributed by atoms with E-state index in [2.05, 4.69) is 31.4 Å². The number of benzene rings is 3. The van der Waals surface area contributed by atoms with Gasteiger partial charge in [0.15, 0.2) is 0 Å². The number of piperidine rings is 1. The molecule has 11 heteroatoms.